The number of nitrogens with one attached hydrogen (secondary N) is 2. The molecular weight excluding hydrogens is 314 g/mol. The number of rotatable bonds is 5. The van der Waals surface area contributed by atoms with E-state index in [0.29, 0.717) is 5.95 Å². The first-order valence-corrected chi connectivity index (χ1v) is 7.93. The van der Waals surface area contributed by atoms with Crippen molar-refractivity contribution < 1.29 is 4.74 Å². The lowest BCUT2D eigenvalue weighted by atomic mass is 9.99. The molecule has 25 heavy (non-hydrogen) atoms. The van der Waals surface area contributed by atoms with E-state index in [1.807, 2.05) is 36.5 Å². The van der Waals surface area contributed by atoms with Gasteiger partial charge in [0.1, 0.15) is 5.75 Å². The number of benzene rings is 1. The molecule has 124 valence electrons. The zero-order valence-electron chi connectivity index (χ0n) is 13.7. The third kappa shape index (κ3) is 3.01. The van der Waals surface area contributed by atoms with Crippen LogP contribution in [0.5, 0.6) is 5.75 Å². The maximum atomic E-state index is 5.38. The molecule has 4 aromatic rings. The van der Waals surface area contributed by atoms with E-state index in [0.717, 1.165) is 27.8 Å². The maximum absolute atomic E-state index is 5.38. The standard InChI is InChI=1S/C19H17N5O/c1-25-14-3-4-17-15(11-14)16(12-23-17)18(13-5-9-20-10-6-13)24-19-21-7-2-8-22-19/h2-12,18,23H,1H3,(H,21,22,24). The Bertz CT molecular complexity index is 969. The first kappa shape index (κ1) is 15.1. The minimum Gasteiger partial charge on any atom is -0.497 e. The molecule has 6 heteroatoms. The fourth-order valence-electron chi connectivity index (χ4n) is 2.89. The summed E-state index contributed by atoms with van der Waals surface area (Å²) in [6.07, 6.45) is 9.01. The minimum absolute atomic E-state index is 0.119. The van der Waals surface area contributed by atoms with E-state index >= 15 is 0 Å². The fraction of sp³-hybridized carbons (Fsp3) is 0.105. The van der Waals surface area contributed by atoms with Crippen LogP contribution >= 0.6 is 0 Å². The lowest BCUT2D eigenvalue weighted by Crippen LogP contribution is -2.14. The van der Waals surface area contributed by atoms with Crippen molar-refractivity contribution in [1.29, 1.82) is 0 Å². The van der Waals surface area contributed by atoms with Gasteiger partial charge in [0.15, 0.2) is 0 Å². The Balaban J connectivity index is 1.83. The number of ether oxygens (including phenoxy) is 1. The second-order valence-electron chi connectivity index (χ2n) is 5.59. The molecule has 0 saturated heterocycles. The van der Waals surface area contributed by atoms with Crippen LogP contribution in [0, 0.1) is 0 Å². The largest absolute Gasteiger partial charge is 0.497 e. The van der Waals surface area contributed by atoms with Gasteiger partial charge < -0.3 is 15.0 Å². The van der Waals surface area contributed by atoms with Crippen LogP contribution in [0.25, 0.3) is 10.9 Å². The second kappa shape index (κ2) is 6.60. The summed E-state index contributed by atoms with van der Waals surface area (Å²) < 4.78 is 5.38. The van der Waals surface area contributed by atoms with Gasteiger partial charge in [-0.3, -0.25) is 4.98 Å². The number of pyridine rings is 1. The minimum atomic E-state index is -0.119. The normalized spacial score (nSPS) is 12.0. The number of H-pyrrole nitrogens is 1. The van der Waals surface area contributed by atoms with Crippen molar-refractivity contribution in [3.8, 4) is 5.75 Å². The van der Waals surface area contributed by atoms with Crippen molar-refractivity contribution in [2.45, 2.75) is 6.04 Å². The van der Waals surface area contributed by atoms with Gasteiger partial charge in [-0.25, -0.2) is 9.97 Å². The van der Waals surface area contributed by atoms with Gasteiger partial charge in [0.2, 0.25) is 5.95 Å². The first-order valence-electron chi connectivity index (χ1n) is 7.93. The zero-order chi connectivity index (χ0) is 17.1. The summed E-state index contributed by atoms with van der Waals surface area (Å²) in [5, 5.41) is 4.50. The highest BCUT2D eigenvalue weighted by molar-refractivity contribution is 5.86. The molecule has 0 saturated carbocycles. The molecular formula is C19H17N5O. The van der Waals surface area contributed by atoms with Crippen molar-refractivity contribution in [3.05, 3.63) is 78.5 Å². The maximum Gasteiger partial charge on any atom is 0.223 e. The van der Waals surface area contributed by atoms with Crippen LogP contribution < -0.4 is 10.1 Å². The predicted molar refractivity (Wildman–Crippen MR) is 96.6 cm³/mol. The molecule has 0 spiro atoms. The molecule has 2 N–H and O–H groups in total. The lowest BCUT2D eigenvalue weighted by Gasteiger charge is -2.19. The SMILES string of the molecule is COc1ccc2[nH]cc(C(Nc3ncccn3)c3ccncc3)c2c1. The Morgan fingerprint density at radius 2 is 1.84 bits per heavy atom. The van der Waals surface area contributed by atoms with Gasteiger partial charge in [-0.2, -0.15) is 0 Å². The van der Waals surface area contributed by atoms with Crippen molar-refractivity contribution in [2.75, 3.05) is 12.4 Å². The molecule has 1 atom stereocenters. The van der Waals surface area contributed by atoms with Crippen LogP contribution in [0.15, 0.2) is 67.4 Å². The van der Waals surface area contributed by atoms with Gasteiger partial charge in [-0.15, -0.1) is 0 Å². The molecule has 0 bridgehead atoms. The highest BCUT2D eigenvalue weighted by Gasteiger charge is 2.19. The van der Waals surface area contributed by atoms with Crippen LogP contribution in [0.2, 0.25) is 0 Å². The van der Waals surface area contributed by atoms with E-state index in [9.17, 15) is 0 Å². The van der Waals surface area contributed by atoms with E-state index in [-0.39, 0.29) is 6.04 Å². The molecule has 1 aromatic carbocycles. The van der Waals surface area contributed by atoms with Crippen molar-refractivity contribution >= 4 is 16.9 Å². The number of anilines is 1. The highest BCUT2D eigenvalue weighted by Crippen LogP contribution is 2.32. The summed E-state index contributed by atoms with van der Waals surface area (Å²) in [7, 11) is 1.67. The summed E-state index contributed by atoms with van der Waals surface area (Å²) in [4.78, 5) is 16.0. The van der Waals surface area contributed by atoms with Crippen molar-refractivity contribution in [3.63, 3.8) is 0 Å². The molecule has 0 fully saturated rings. The molecule has 4 rings (SSSR count). The summed E-state index contributed by atoms with van der Waals surface area (Å²) in [6.45, 7) is 0. The third-order valence-electron chi connectivity index (χ3n) is 4.11. The number of fused-ring (bicyclic) bond motifs is 1. The van der Waals surface area contributed by atoms with Crippen LogP contribution in [0.4, 0.5) is 5.95 Å². The van der Waals surface area contributed by atoms with Gasteiger partial charge >= 0.3 is 0 Å². The molecule has 6 nitrogen and oxygen atoms in total. The van der Waals surface area contributed by atoms with Gasteiger partial charge in [0.25, 0.3) is 0 Å². The smallest absolute Gasteiger partial charge is 0.223 e. The number of aromatic nitrogens is 4. The zero-order valence-corrected chi connectivity index (χ0v) is 13.7. The summed E-state index contributed by atoms with van der Waals surface area (Å²) in [5.74, 6) is 1.39. The monoisotopic (exact) mass is 331 g/mol. The van der Waals surface area contributed by atoms with Gasteiger partial charge in [0.05, 0.1) is 13.2 Å². The number of methoxy groups -OCH3 is 1. The molecule has 0 amide bonds. The third-order valence-corrected chi connectivity index (χ3v) is 4.11. The first-order chi connectivity index (χ1) is 12.3. The Labute approximate surface area is 144 Å². The van der Waals surface area contributed by atoms with Crippen molar-refractivity contribution in [2.24, 2.45) is 0 Å². The van der Waals surface area contributed by atoms with E-state index in [2.05, 4.69) is 25.3 Å². The molecule has 1 unspecified atom stereocenters. The average molecular weight is 331 g/mol. The van der Waals surface area contributed by atoms with E-state index in [1.54, 1.807) is 38.0 Å². The van der Waals surface area contributed by atoms with Crippen LogP contribution in [0.1, 0.15) is 17.2 Å². The molecule has 0 aliphatic rings. The van der Waals surface area contributed by atoms with Crippen molar-refractivity contribution in [1.82, 2.24) is 19.9 Å². The summed E-state index contributed by atoms with van der Waals surface area (Å²) in [5.41, 5.74) is 3.21. The van der Waals surface area contributed by atoms with Gasteiger partial charge in [-0.1, -0.05) is 0 Å². The summed E-state index contributed by atoms with van der Waals surface area (Å²) in [6, 6.07) is 11.6. The van der Waals surface area contributed by atoms with Gasteiger partial charge in [-0.05, 0) is 42.0 Å². The summed E-state index contributed by atoms with van der Waals surface area (Å²) >= 11 is 0. The topological polar surface area (TPSA) is 75.7 Å². The Hall–Kier alpha value is -3.41. The number of hydrogen-bond donors (Lipinski definition) is 2. The van der Waals surface area contributed by atoms with E-state index in [1.165, 1.54) is 0 Å². The lowest BCUT2D eigenvalue weighted by molar-refractivity contribution is 0.415. The predicted octanol–water partition coefficient (Wildman–Crippen LogP) is 3.56. The number of hydrogen-bond acceptors (Lipinski definition) is 5. The molecule has 0 aliphatic heterocycles. The Kier molecular flexibility index (Phi) is 4.00. The molecule has 0 aliphatic carbocycles. The quantitative estimate of drug-likeness (QED) is 0.585. The Morgan fingerprint density at radius 1 is 1.04 bits per heavy atom. The molecule has 3 heterocycles. The number of aromatic amines is 1. The van der Waals surface area contributed by atoms with E-state index in [4.69, 9.17) is 4.74 Å². The highest BCUT2D eigenvalue weighted by atomic mass is 16.5. The van der Waals surface area contributed by atoms with Crippen LogP contribution in [0.3, 0.4) is 0 Å². The van der Waals surface area contributed by atoms with Crippen LogP contribution in [-0.4, -0.2) is 27.0 Å². The van der Waals surface area contributed by atoms with Crippen LogP contribution in [-0.2, 0) is 0 Å². The second-order valence-corrected chi connectivity index (χ2v) is 5.59. The number of nitrogens with zero attached hydrogens (tertiary/aromatic N) is 3. The van der Waals surface area contributed by atoms with Gasteiger partial charge in [0, 0.05) is 47.5 Å². The fourth-order valence-corrected chi connectivity index (χ4v) is 2.89. The average Bonchev–Trinajstić information content (AvgIpc) is 3.10. The Morgan fingerprint density at radius 3 is 2.60 bits per heavy atom. The van der Waals surface area contributed by atoms with E-state index < -0.39 is 0 Å². The molecule has 0 radical (unpaired) electrons. The molecule has 3 aromatic heterocycles.